The first kappa shape index (κ1) is 19.8. The zero-order valence-corrected chi connectivity index (χ0v) is 15.7. The number of nitrogens with zero attached hydrogens (tertiary/aromatic N) is 1. The number of amides is 2. The van der Waals surface area contributed by atoms with Crippen molar-refractivity contribution in [3.05, 3.63) is 106 Å². The van der Waals surface area contributed by atoms with Crippen molar-refractivity contribution < 1.29 is 14.5 Å². The molecule has 7 nitrogen and oxygen atoms in total. The van der Waals surface area contributed by atoms with Crippen LogP contribution in [0.25, 0.3) is 0 Å². The van der Waals surface area contributed by atoms with E-state index >= 15 is 0 Å². The molecule has 29 heavy (non-hydrogen) atoms. The summed E-state index contributed by atoms with van der Waals surface area (Å²) in [5.74, 6) is -0.874. The van der Waals surface area contributed by atoms with Crippen LogP contribution < -0.4 is 10.6 Å². The van der Waals surface area contributed by atoms with Crippen molar-refractivity contribution in [3.63, 3.8) is 0 Å². The van der Waals surface area contributed by atoms with Crippen molar-refractivity contribution in [2.24, 2.45) is 0 Å². The van der Waals surface area contributed by atoms with E-state index in [-0.39, 0.29) is 23.2 Å². The molecule has 2 N–H and O–H groups in total. The van der Waals surface area contributed by atoms with E-state index in [0.717, 1.165) is 5.56 Å². The van der Waals surface area contributed by atoms with Gasteiger partial charge in [-0.25, -0.2) is 0 Å². The molecule has 3 aromatic rings. The molecule has 3 aromatic carbocycles. The summed E-state index contributed by atoms with van der Waals surface area (Å²) in [6.07, 6.45) is 0. The first-order valence-corrected chi connectivity index (χ1v) is 8.96. The molecule has 0 aromatic heterocycles. The number of non-ortho nitro benzene ring substituents is 1. The number of rotatable bonds is 6. The number of carbonyl (C=O) groups is 2. The van der Waals surface area contributed by atoms with Crippen molar-refractivity contribution in [2.45, 2.75) is 13.0 Å². The van der Waals surface area contributed by atoms with E-state index in [9.17, 15) is 19.7 Å². The maximum atomic E-state index is 12.8. The van der Waals surface area contributed by atoms with Crippen molar-refractivity contribution in [3.8, 4) is 0 Å². The third-order valence-corrected chi connectivity index (χ3v) is 4.39. The highest BCUT2D eigenvalue weighted by atomic mass is 16.6. The SMILES string of the molecule is C[C@H](NC(=O)c1ccccc1NC(=O)c1cccc([N+](=O)[O-])c1)c1ccccc1. The average Bonchev–Trinajstić information content (AvgIpc) is 2.74. The Morgan fingerprint density at radius 1 is 0.897 bits per heavy atom. The quantitative estimate of drug-likeness (QED) is 0.484. The summed E-state index contributed by atoms with van der Waals surface area (Å²) in [4.78, 5) is 35.7. The topological polar surface area (TPSA) is 101 Å². The highest BCUT2D eigenvalue weighted by Crippen LogP contribution is 2.20. The van der Waals surface area contributed by atoms with E-state index in [4.69, 9.17) is 0 Å². The fraction of sp³-hybridized carbons (Fsp3) is 0.0909. The molecule has 146 valence electrons. The van der Waals surface area contributed by atoms with Crippen LogP contribution >= 0.6 is 0 Å². The summed E-state index contributed by atoms with van der Waals surface area (Å²) in [6.45, 7) is 1.87. The van der Waals surface area contributed by atoms with Crippen LogP contribution in [0.4, 0.5) is 11.4 Å². The molecule has 0 radical (unpaired) electrons. The largest absolute Gasteiger partial charge is 0.345 e. The lowest BCUT2D eigenvalue weighted by molar-refractivity contribution is -0.384. The third-order valence-electron chi connectivity index (χ3n) is 4.39. The monoisotopic (exact) mass is 389 g/mol. The normalized spacial score (nSPS) is 11.3. The first-order chi connectivity index (χ1) is 14.0. The van der Waals surface area contributed by atoms with Gasteiger partial charge < -0.3 is 10.6 Å². The number of nitro benzene ring substituents is 1. The van der Waals surface area contributed by atoms with Crippen molar-refractivity contribution in [2.75, 3.05) is 5.32 Å². The molecule has 0 unspecified atom stereocenters. The van der Waals surface area contributed by atoms with Gasteiger partial charge in [0.15, 0.2) is 0 Å². The van der Waals surface area contributed by atoms with E-state index in [1.54, 1.807) is 24.3 Å². The molecule has 0 spiro atoms. The lowest BCUT2D eigenvalue weighted by Crippen LogP contribution is -2.28. The molecule has 3 rings (SSSR count). The first-order valence-electron chi connectivity index (χ1n) is 8.96. The van der Waals surface area contributed by atoms with Gasteiger partial charge in [-0.15, -0.1) is 0 Å². The fourth-order valence-corrected chi connectivity index (χ4v) is 2.84. The number of anilines is 1. The van der Waals surface area contributed by atoms with Crippen LogP contribution in [-0.4, -0.2) is 16.7 Å². The summed E-state index contributed by atoms with van der Waals surface area (Å²) in [5.41, 5.74) is 1.53. The number of benzene rings is 3. The molecule has 0 aliphatic heterocycles. The Hall–Kier alpha value is -4.00. The minimum Gasteiger partial charge on any atom is -0.345 e. The lowest BCUT2D eigenvalue weighted by atomic mass is 10.1. The van der Waals surface area contributed by atoms with Gasteiger partial charge in [-0.05, 0) is 30.7 Å². The minimum atomic E-state index is -0.566. The molecular formula is C22H19N3O4. The van der Waals surface area contributed by atoms with Crippen molar-refractivity contribution in [1.82, 2.24) is 5.32 Å². The second kappa shape index (κ2) is 8.79. The molecule has 0 aliphatic carbocycles. The molecular weight excluding hydrogens is 370 g/mol. The predicted molar refractivity (Wildman–Crippen MR) is 110 cm³/mol. The van der Waals surface area contributed by atoms with Crippen molar-refractivity contribution in [1.29, 1.82) is 0 Å². The third kappa shape index (κ3) is 4.84. The zero-order valence-electron chi connectivity index (χ0n) is 15.7. The fourth-order valence-electron chi connectivity index (χ4n) is 2.84. The Kier molecular flexibility index (Phi) is 5.99. The van der Waals surface area contributed by atoms with Crippen molar-refractivity contribution >= 4 is 23.2 Å². The molecule has 0 aliphatic rings. The summed E-state index contributed by atoms with van der Waals surface area (Å²) in [7, 11) is 0. The smallest absolute Gasteiger partial charge is 0.270 e. The molecule has 2 amide bonds. The van der Waals surface area contributed by atoms with Crippen LogP contribution in [-0.2, 0) is 0 Å². The molecule has 0 saturated heterocycles. The van der Waals surface area contributed by atoms with Crippen LogP contribution in [0.3, 0.4) is 0 Å². The van der Waals surface area contributed by atoms with Gasteiger partial charge in [-0.3, -0.25) is 19.7 Å². The predicted octanol–water partition coefficient (Wildman–Crippen LogP) is 4.34. The van der Waals surface area contributed by atoms with E-state index in [1.165, 1.54) is 24.3 Å². The Balaban J connectivity index is 1.78. The Morgan fingerprint density at radius 2 is 1.59 bits per heavy atom. The van der Waals surface area contributed by atoms with Gasteiger partial charge in [0, 0.05) is 17.7 Å². The van der Waals surface area contributed by atoms with E-state index in [2.05, 4.69) is 10.6 Å². The van der Waals surface area contributed by atoms with Crippen LogP contribution in [0.15, 0.2) is 78.9 Å². The van der Waals surface area contributed by atoms with Gasteiger partial charge in [0.05, 0.1) is 22.2 Å². The standard InChI is InChI=1S/C22H19N3O4/c1-15(16-8-3-2-4-9-16)23-22(27)19-12-5-6-13-20(19)24-21(26)17-10-7-11-18(14-17)25(28)29/h2-15H,1H3,(H,23,27)(H,24,26)/t15-/m0/s1. The number of para-hydroxylation sites is 1. The molecule has 0 fully saturated rings. The van der Waals surface area contributed by atoms with Gasteiger partial charge >= 0.3 is 0 Å². The Bertz CT molecular complexity index is 1050. The van der Waals surface area contributed by atoms with E-state index in [1.807, 2.05) is 37.3 Å². The zero-order chi connectivity index (χ0) is 20.8. The summed E-state index contributed by atoms with van der Waals surface area (Å²) in [6, 6.07) is 21.3. The van der Waals surface area contributed by atoms with Crippen LogP contribution in [0, 0.1) is 10.1 Å². The second-order valence-electron chi connectivity index (χ2n) is 6.41. The Labute approximate surface area is 167 Å². The van der Waals surface area contributed by atoms with Crippen LogP contribution in [0.2, 0.25) is 0 Å². The maximum Gasteiger partial charge on any atom is 0.270 e. The summed E-state index contributed by atoms with van der Waals surface area (Å²) >= 11 is 0. The van der Waals surface area contributed by atoms with Crippen LogP contribution in [0.1, 0.15) is 39.2 Å². The van der Waals surface area contributed by atoms with E-state index < -0.39 is 10.8 Å². The number of nitrogens with one attached hydrogen (secondary N) is 2. The number of nitro groups is 1. The second-order valence-corrected chi connectivity index (χ2v) is 6.41. The molecule has 0 heterocycles. The van der Waals surface area contributed by atoms with Gasteiger partial charge in [-0.1, -0.05) is 48.5 Å². The highest BCUT2D eigenvalue weighted by Gasteiger charge is 2.17. The summed E-state index contributed by atoms with van der Waals surface area (Å²) < 4.78 is 0. The van der Waals surface area contributed by atoms with Gasteiger partial charge in [-0.2, -0.15) is 0 Å². The molecule has 0 saturated carbocycles. The molecule has 1 atom stereocenters. The summed E-state index contributed by atoms with van der Waals surface area (Å²) in [5, 5.41) is 16.5. The minimum absolute atomic E-state index is 0.132. The maximum absolute atomic E-state index is 12.8. The number of hydrogen-bond acceptors (Lipinski definition) is 4. The number of carbonyl (C=O) groups excluding carboxylic acids is 2. The van der Waals surface area contributed by atoms with Gasteiger partial charge in [0.25, 0.3) is 17.5 Å². The lowest BCUT2D eigenvalue weighted by Gasteiger charge is -2.16. The molecule has 0 bridgehead atoms. The van der Waals surface area contributed by atoms with E-state index in [0.29, 0.717) is 11.3 Å². The highest BCUT2D eigenvalue weighted by molar-refractivity contribution is 6.09. The molecule has 7 heteroatoms. The number of hydrogen-bond donors (Lipinski definition) is 2. The van der Waals surface area contributed by atoms with Gasteiger partial charge in [0.2, 0.25) is 0 Å². The van der Waals surface area contributed by atoms with Crippen LogP contribution in [0.5, 0.6) is 0 Å². The van der Waals surface area contributed by atoms with Gasteiger partial charge in [0.1, 0.15) is 0 Å². The average molecular weight is 389 g/mol. The Morgan fingerprint density at radius 3 is 2.31 bits per heavy atom.